The molecule has 2 aliphatic carbocycles. The lowest BCUT2D eigenvalue weighted by atomic mass is 9.64. The highest BCUT2D eigenvalue weighted by molar-refractivity contribution is 9.10. The Labute approximate surface area is 286 Å². The van der Waals surface area contributed by atoms with Gasteiger partial charge in [0.1, 0.15) is 5.58 Å². The van der Waals surface area contributed by atoms with Crippen LogP contribution < -0.4 is 4.90 Å². The van der Waals surface area contributed by atoms with Crippen LogP contribution >= 0.6 is 27.5 Å². The molecule has 0 saturated carbocycles. The van der Waals surface area contributed by atoms with E-state index in [-0.39, 0.29) is 0 Å². The maximum atomic E-state index is 6.87. The van der Waals surface area contributed by atoms with E-state index in [1.54, 1.807) is 0 Å². The lowest BCUT2D eigenvalue weighted by Gasteiger charge is -2.45. The van der Waals surface area contributed by atoms with Gasteiger partial charge in [-0.2, -0.15) is 0 Å². The van der Waals surface area contributed by atoms with E-state index in [4.69, 9.17) is 16.0 Å². The summed E-state index contributed by atoms with van der Waals surface area (Å²) in [5.74, 6) is 0. The molecule has 2 heterocycles. The van der Waals surface area contributed by atoms with E-state index in [0.29, 0.717) is 5.02 Å². The van der Waals surface area contributed by atoms with Gasteiger partial charge in [0.05, 0.1) is 16.8 Å². The van der Waals surface area contributed by atoms with Gasteiger partial charge in [-0.05, 0) is 106 Å². The molecule has 0 N–H and O–H groups in total. The van der Waals surface area contributed by atoms with Crippen LogP contribution in [-0.2, 0) is 5.41 Å². The fraction of sp³-hybridized carbons (Fsp3) is 0.0698. The third kappa shape index (κ3) is 3.73. The number of halogens is 2. The van der Waals surface area contributed by atoms with E-state index < -0.39 is 5.41 Å². The number of hydrogen-bond donors (Lipinski definition) is 0. The van der Waals surface area contributed by atoms with Crippen LogP contribution in [0.4, 0.5) is 17.1 Å². The molecule has 1 aliphatic heterocycles. The van der Waals surface area contributed by atoms with Gasteiger partial charge in [0.2, 0.25) is 0 Å². The summed E-state index contributed by atoms with van der Waals surface area (Å²) in [5.41, 5.74) is 14.4. The summed E-state index contributed by atoms with van der Waals surface area (Å²) < 4.78 is 7.91. The molecule has 0 amide bonds. The zero-order valence-electron chi connectivity index (χ0n) is 25.3. The van der Waals surface area contributed by atoms with Crippen molar-refractivity contribution in [3.8, 4) is 11.1 Å². The summed E-state index contributed by atoms with van der Waals surface area (Å²) in [5, 5.41) is 2.79. The highest BCUT2D eigenvalue weighted by atomic mass is 79.9. The van der Waals surface area contributed by atoms with Crippen LogP contribution in [0.25, 0.3) is 38.6 Å². The standard InChI is InChI=1S/C43H27BrClNO/c44-28-16-23-39-38(24-28)43(35-12-6-4-10-31(35)32-11-5-7-13-36(32)43)37-22-21-34-33-20-17-29(45)25-40(33)47-42(34)41(37)46(39)30-18-14-27(15-19-30)26-8-2-1-3-9-26/h2,4-25H,1,3H2. The predicted molar refractivity (Wildman–Crippen MR) is 198 cm³/mol. The van der Waals surface area contributed by atoms with Crippen molar-refractivity contribution in [1.82, 2.24) is 0 Å². The van der Waals surface area contributed by atoms with Gasteiger partial charge in [0, 0.05) is 32.0 Å². The molecule has 10 rings (SSSR count). The van der Waals surface area contributed by atoms with Crippen molar-refractivity contribution in [3.63, 3.8) is 0 Å². The van der Waals surface area contributed by atoms with Crippen molar-refractivity contribution in [1.29, 1.82) is 0 Å². The Balaban J connectivity index is 1.34. The number of benzene rings is 6. The molecule has 3 aliphatic rings. The first-order chi connectivity index (χ1) is 23.1. The van der Waals surface area contributed by atoms with Gasteiger partial charge >= 0.3 is 0 Å². The highest BCUT2D eigenvalue weighted by Crippen LogP contribution is 2.65. The SMILES string of the molecule is Clc1ccc2c(c1)oc1c3c(ccc12)C1(c2ccccc2-c2ccccc21)c1cc(Br)ccc1N3c1ccc(C2=CCCC=C2)cc1. The molecule has 224 valence electrons. The van der Waals surface area contributed by atoms with Gasteiger partial charge in [-0.25, -0.2) is 0 Å². The fourth-order valence-corrected chi connectivity index (χ4v) is 8.83. The van der Waals surface area contributed by atoms with Crippen molar-refractivity contribution in [3.05, 3.63) is 177 Å². The molecule has 0 atom stereocenters. The molecule has 0 radical (unpaired) electrons. The predicted octanol–water partition coefficient (Wildman–Crippen LogP) is 12.9. The third-order valence-corrected chi connectivity index (χ3v) is 10.9. The number of hydrogen-bond acceptors (Lipinski definition) is 2. The highest BCUT2D eigenvalue weighted by Gasteiger charge is 2.52. The number of nitrogens with zero attached hydrogens (tertiary/aromatic N) is 1. The average Bonchev–Trinajstić information content (AvgIpc) is 3.63. The Bertz CT molecular complexity index is 2460. The molecule has 4 heteroatoms. The molecule has 1 spiro atoms. The molecule has 0 bridgehead atoms. The Morgan fingerprint density at radius 3 is 2.17 bits per heavy atom. The molecule has 0 saturated heterocycles. The van der Waals surface area contributed by atoms with Crippen molar-refractivity contribution in [2.75, 3.05) is 4.90 Å². The van der Waals surface area contributed by atoms with Crippen LogP contribution in [0, 0.1) is 0 Å². The second-order valence-electron chi connectivity index (χ2n) is 12.6. The number of allylic oxidation sites excluding steroid dienone is 4. The number of fused-ring (bicyclic) bond motifs is 13. The minimum atomic E-state index is -0.555. The average molecular weight is 689 g/mol. The maximum absolute atomic E-state index is 6.87. The van der Waals surface area contributed by atoms with Gasteiger partial charge in [-0.1, -0.05) is 112 Å². The van der Waals surface area contributed by atoms with Crippen molar-refractivity contribution in [2.45, 2.75) is 18.3 Å². The first-order valence-electron chi connectivity index (χ1n) is 16.0. The summed E-state index contributed by atoms with van der Waals surface area (Å²) in [6.07, 6.45) is 9.02. The zero-order valence-corrected chi connectivity index (χ0v) is 27.6. The molecule has 47 heavy (non-hydrogen) atoms. The van der Waals surface area contributed by atoms with Gasteiger partial charge < -0.3 is 9.32 Å². The van der Waals surface area contributed by atoms with Crippen LogP contribution in [0.2, 0.25) is 5.02 Å². The van der Waals surface area contributed by atoms with Crippen molar-refractivity contribution in [2.24, 2.45) is 0 Å². The molecule has 6 aromatic carbocycles. The fourth-order valence-electron chi connectivity index (χ4n) is 8.31. The zero-order chi connectivity index (χ0) is 31.3. The largest absolute Gasteiger partial charge is 0.454 e. The minimum Gasteiger partial charge on any atom is -0.454 e. The molecule has 0 unspecified atom stereocenters. The first-order valence-corrected chi connectivity index (χ1v) is 17.2. The molecular weight excluding hydrogens is 662 g/mol. The lowest BCUT2D eigenvalue weighted by molar-refractivity contribution is 0.663. The van der Waals surface area contributed by atoms with E-state index in [2.05, 4.69) is 148 Å². The quantitative estimate of drug-likeness (QED) is 0.180. The Hall–Kier alpha value is -4.83. The van der Waals surface area contributed by atoms with E-state index in [0.717, 1.165) is 56.3 Å². The summed E-state index contributed by atoms with van der Waals surface area (Å²) in [7, 11) is 0. The Morgan fingerprint density at radius 2 is 1.43 bits per heavy atom. The Kier molecular flexibility index (Phi) is 5.86. The van der Waals surface area contributed by atoms with E-state index in [1.165, 1.54) is 44.5 Å². The van der Waals surface area contributed by atoms with E-state index >= 15 is 0 Å². The monoisotopic (exact) mass is 687 g/mol. The van der Waals surface area contributed by atoms with Gasteiger partial charge in [-0.15, -0.1) is 0 Å². The summed E-state index contributed by atoms with van der Waals surface area (Å²) in [6, 6.07) is 44.0. The second kappa shape index (κ2) is 10.1. The first kappa shape index (κ1) is 27.3. The van der Waals surface area contributed by atoms with Crippen LogP contribution in [0.15, 0.2) is 148 Å². The van der Waals surface area contributed by atoms with Crippen molar-refractivity contribution < 1.29 is 4.42 Å². The number of rotatable bonds is 2. The normalized spacial score (nSPS) is 15.4. The lowest BCUT2D eigenvalue weighted by Crippen LogP contribution is -2.36. The summed E-state index contributed by atoms with van der Waals surface area (Å²) >= 11 is 10.4. The minimum absolute atomic E-state index is 0.555. The van der Waals surface area contributed by atoms with Crippen LogP contribution in [0.5, 0.6) is 0 Å². The molecule has 2 nitrogen and oxygen atoms in total. The van der Waals surface area contributed by atoms with Crippen LogP contribution in [0.1, 0.15) is 40.7 Å². The molecule has 1 aromatic heterocycles. The van der Waals surface area contributed by atoms with Gasteiger partial charge in [0.15, 0.2) is 5.58 Å². The van der Waals surface area contributed by atoms with Crippen LogP contribution in [-0.4, -0.2) is 0 Å². The topological polar surface area (TPSA) is 16.4 Å². The molecule has 0 fully saturated rings. The van der Waals surface area contributed by atoms with Crippen molar-refractivity contribution >= 4 is 72.1 Å². The van der Waals surface area contributed by atoms with E-state index in [9.17, 15) is 0 Å². The summed E-state index contributed by atoms with van der Waals surface area (Å²) in [4.78, 5) is 2.41. The van der Waals surface area contributed by atoms with Gasteiger partial charge in [-0.3, -0.25) is 0 Å². The number of furan rings is 1. The Morgan fingerprint density at radius 1 is 0.681 bits per heavy atom. The van der Waals surface area contributed by atoms with Crippen LogP contribution in [0.3, 0.4) is 0 Å². The maximum Gasteiger partial charge on any atom is 0.159 e. The number of anilines is 3. The smallest absolute Gasteiger partial charge is 0.159 e. The second-order valence-corrected chi connectivity index (χ2v) is 14.0. The van der Waals surface area contributed by atoms with E-state index in [1.807, 2.05) is 12.1 Å². The van der Waals surface area contributed by atoms with Gasteiger partial charge in [0.25, 0.3) is 0 Å². The molecule has 7 aromatic rings. The summed E-state index contributed by atoms with van der Waals surface area (Å²) in [6.45, 7) is 0. The molecular formula is C43H27BrClNO. The third-order valence-electron chi connectivity index (χ3n) is 10.2.